The second-order valence-corrected chi connectivity index (χ2v) is 6.06. The molecule has 3 heterocycles. The average molecular weight is 363 g/mol. The zero-order valence-corrected chi connectivity index (χ0v) is 14.3. The molecule has 1 aliphatic heterocycles. The van der Waals surface area contributed by atoms with Crippen LogP contribution in [0.25, 0.3) is 22.1 Å². The molecule has 0 aliphatic carbocycles. The first kappa shape index (κ1) is 17.4. The lowest BCUT2D eigenvalue weighted by Gasteiger charge is -2.23. The summed E-state index contributed by atoms with van der Waals surface area (Å²) in [5, 5.41) is 6.99. The summed E-state index contributed by atoms with van der Waals surface area (Å²) in [4.78, 5) is 29.1. The van der Waals surface area contributed by atoms with Gasteiger partial charge in [-0.1, -0.05) is 12.1 Å². The van der Waals surface area contributed by atoms with Gasteiger partial charge in [-0.2, -0.15) is 0 Å². The summed E-state index contributed by atoms with van der Waals surface area (Å²) in [6.07, 6.45) is 3.40. The Morgan fingerprint density at radius 2 is 2.24 bits per heavy atom. The number of carbonyl (C=O) groups excluding carboxylic acids is 1. The number of rotatable bonds is 3. The largest absolute Gasteiger partial charge is 0.448 e. The van der Waals surface area contributed by atoms with Crippen LogP contribution in [-0.2, 0) is 11.3 Å². The number of aromatic nitrogens is 2. The number of hydrogen-bond donors (Lipinski definition) is 2. The van der Waals surface area contributed by atoms with E-state index in [9.17, 15) is 9.59 Å². The molecule has 132 valence electrons. The van der Waals surface area contributed by atoms with E-state index in [0.717, 1.165) is 31.3 Å². The number of furan rings is 1. The summed E-state index contributed by atoms with van der Waals surface area (Å²) in [7, 11) is 0. The van der Waals surface area contributed by atoms with Crippen LogP contribution in [0.4, 0.5) is 0 Å². The van der Waals surface area contributed by atoms with Gasteiger partial charge in [-0.3, -0.25) is 14.2 Å². The molecular formula is C17H19ClN4O3. The molecule has 3 aromatic rings. The molecular weight excluding hydrogens is 344 g/mol. The number of amides is 1. The van der Waals surface area contributed by atoms with Crippen molar-refractivity contribution in [3.8, 4) is 0 Å². The number of piperidine rings is 1. The van der Waals surface area contributed by atoms with Crippen molar-refractivity contribution in [3.63, 3.8) is 0 Å². The molecule has 0 bridgehead atoms. The third-order valence-corrected chi connectivity index (χ3v) is 4.33. The normalized spacial score (nSPS) is 17.4. The summed E-state index contributed by atoms with van der Waals surface area (Å²) in [6.45, 7) is 1.69. The third-order valence-electron chi connectivity index (χ3n) is 4.33. The maximum absolute atomic E-state index is 12.6. The van der Waals surface area contributed by atoms with Crippen LogP contribution in [0.2, 0.25) is 0 Å². The molecule has 8 heteroatoms. The highest BCUT2D eigenvalue weighted by Gasteiger charge is 2.17. The van der Waals surface area contributed by atoms with Gasteiger partial charge in [0.25, 0.3) is 5.56 Å². The Kier molecular flexibility index (Phi) is 5.06. The predicted molar refractivity (Wildman–Crippen MR) is 97.1 cm³/mol. The Labute approximate surface area is 149 Å². The van der Waals surface area contributed by atoms with Crippen molar-refractivity contribution < 1.29 is 9.21 Å². The van der Waals surface area contributed by atoms with Gasteiger partial charge in [0.15, 0.2) is 0 Å². The van der Waals surface area contributed by atoms with Crippen molar-refractivity contribution in [2.24, 2.45) is 0 Å². The zero-order valence-electron chi connectivity index (χ0n) is 13.5. The number of fused-ring (bicyclic) bond motifs is 3. The molecule has 1 atom stereocenters. The molecule has 0 saturated carbocycles. The van der Waals surface area contributed by atoms with Crippen molar-refractivity contribution in [1.82, 2.24) is 20.2 Å². The molecule has 25 heavy (non-hydrogen) atoms. The number of nitrogens with one attached hydrogen (secondary N) is 2. The van der Waals surface area contributed by atoms with E-state index in [0.29, 0.717) is 11.1 Å². The summed E-state index contributed by atoms with van der Waals surface area (Å²) in [5.74, 6) is -0.192. The monoisotopic (exact) mass is 362 g/mol. The standard InChI is InChI=1S/C17H18N4O3.ClH/c22-14(20-11-4-3-7-18-8-11)9-21-10-19-15-12-5-1-2-6-13(12)24-16(15)17(21)23;/h1-2,5-6,10-11,18H,3-4,7-9H2,(H,20,22);1H/t11-;/m0./s1. The lowest BCUT2D eigenvalue weighted by Crippen LogP contribution is -2.47. The van der Waals surface area contributed by atoms with E-state index in [1.807, 2.05) is 18.2 Å². The topological polar surface area (TPSA) is 89.2 Å². The van der Waals surface area contributed by atoms with Gasteiger partial charge in [0.05, 0.1) is 6.33 Å². The lowest BCUT2D eigenvalue weighted by atomic mass is 10.1. The summed E-state index contributed by atoms with van der Waals surface area (Å²) in [6, 6.07) is 7.49. The highest BCUT2D eigenvalue weighted by molar-refractivity contribution is 6.01. The van der Waals surface area contributed by atoms with E-state index in [2.05, 4.69) is 15.6 Å². The van der Waals surface area contributed by atoms with Gasteiger partial charge in [-0.15, -0.1) is 12.4 Å². The first-order valence-electron chi connectivity index (χ1n) is 8.09. The molecule has 1 fully saturated rings. The second-order valence-electron chi connectivity index (χ2n) is 6.06. The van der Waals surface area contributed by atoms with Crippen LogP contribution < -0.4 is 16.2 Å². The van der Waals surface area contributed by atoms with Gasteiger partial charge in [-0.05, 0) is 31.5 Å². The summed E-state index contributed by atoms with van der Waals surface area (Å²) < 4.78 is 6.91. The highest BCUT2D eigenvalue weighted by atomic mass is 35.5. The number of hydrogen-bond acceptors (Lipinski definition) is 5. The van der Waals surface area contributed by atoms with E-state index in [4.69, 9.17) is 4.42 Å². The van der Waals surface area contributed by atoms with Crippen molar-refractivity contribution >= 4 is 40.4 Å². The van der Waals surface area contributed by atoms with Gasteiger partial charge >= 0.3 is 0 Å². The molecule has 0 unspecified atom stereocenters. The fourth-order valence-electron chi connectivity index (χ4n) is 3.13. The Balaban J connectivity index is 0.00000182. The van der Waals surface area contributed by atoms with Crippen molar-refractivity contribution in [2.75, 3.05) is 13.1 Å². The van der Waals surface area contributed by atoms with Crippen molar-refractivity contribution in [3.05, 3.63) is 40.9 Å². The number of nitrogens with zero attached hydrogens (tertiary/aromatic N) is 2. The van der Waals surface area contributed by atoms with E-state index in [1.54, 1.807) is 6.07 Å². The van der Waals surface area contributed by atoms with Crippen LogP contribution in [0, 0.1) is 0 Å². The van der Waals surface area contributed by atoms with Crippen molar-refractivity contribution in [2.45, 2.75) is 25.4 Å². The molecule has 1 amide bonds. The number of carbonyl (C=O) groups is 1. The first-order chi connectivity index (χ1) is 11.7. The van der Waals surface area contributed by atoms with Crippen LogP contribution in [0.15, 0.2) is 39.8 Å². The Morgan fingerprint density at radius 1 is 1.40 bits per heavy atom. The van der Waals surface area contributed by atoms with Crippen LogP contribution >= 0.6 is 12.4 Å². The van der Waals surface area contributed by atoms with Crippen LogP contribution in [0.3, 0.4) is 0 Å². The van der Waals surface area contributed by atoms with Gasteiger partial charge < -0.3 is 15.1 Å². The van der Waals surface area contributed by atoms with E-state index in [1.165, 1.54) is 10.9 Å². The minimum atomic E-state index is -0.340. The van der Waals surface area contributed by atoms with Crippen LogP contribution in [0.1, 0.15) is 12.8 Å². The lowest BCUT2D eigenvalue weighted by molar-refractivity contribution is -0.122. The maximum Gasteiger partial charge on any atom is 0.297 e. The third kappa shape index (κ3) is 3.38. The molecule has 1 aromatic carbocycles. The van der Waals surface area contributed by atoms with Gasteiger partial charge in [0.1, 0.15) is 17.6 Å². The quantitative estimate of drug-likeness (QED) is 0.735. The fourth-order valence-corrected chi connectivity index (χ4v) is 3.13. The minimum absolute atomic E-state index is 0. The molecule has 2 N–H and O–H groups in total. The molecule has 1 aliphatic rings. The van der Waals surface area contributed by atoms with Crippen LogP contribution in [0.5, 0.6) is 0 Å². The first-order valence-corrected chi connectivity index (χ1v) is 8.09. The molecule has 0 radical (unpaired) electrons. The molecule has 2 aromatic heterocycles. The van der Waals surface area contributed by atoms with E-state index < -0.39 is 0 Å². The highest BCUT2D eigenvalue weighted by Crippen LogP contribution is 2.23. The summed E-state index contributed by atoms with van der Waals surface area (Å²) >= 11 is 0. The van der Waals surface area contributed by atoms with Crippen LogP contribution in [-0.4, -0.2) is 34.6 Å². The predicted octanol–water partition coefficient (Wildman–Crippen LogP) is 1.43. The zero-order chi connectivity index (χ0) is 16.5. The number of halogens is 1. The van der Waals surface area contributed by atoms with Gasteiger partial charge in [-0.25, -0.2) is 4.98 Å². The average Bonchev–Trinajstić information content (AvgIpc) is 2.98. The smallest absolute Gasteiger partial charge is 0.297 e. The van der Waals surface area contributed by atoms with Crippen molar-refractivity contribution in [1.29, 1.82) is 0 Å². The molecule has 7 nitrogen and oxygen atoms in total. The molecule has 4 rings (SSSR count). The summed E-state index contributed by atoms with van der Waals surface area (Å²) in [5.41, 5.74) is 0.996. The van der Waals surface area contributed by atoms with Gasteiger partial charge in [0.2, 0.25) is 11.5 Å². The Hall–Kier alpha value is -2.38. The molecule has 0 spiro atoms. The molecule has 1 saturated heterocycles. The second kappa shape index (κ2) is 7.25. The Morgan fingerprint density at radius 3 is 3.04 bits per heavy atom. The van der Waals surface area contributed by atoms with E-state index >= 15 is 0 Å². The SMILES string of the molecule is Cl.O=C(Cn1cnc2c(oc3ccccc32)c1=O)N[C@H]1CCCNC1. The van der Waals surface area contributed by atoms with E-state index in [-0.39, 0.29) is 42.0 Å². The number of benzene rings is 1. The maximum atomic E-state index is 12.6. The number of para-hydroxylation sites is 1. The Bertz CT molecular complexity index is 959. The minimum Gasteiger partial charge on any atom is -0.448 e. The fraction of sp³-hybridized carbons (Fsp3) is 0.353. The van der Waals surface area contributed by atoms with Gasteiger partial charge in [0, 0.05) is 18.0 Å².